The van der Waals surface area contributed by atoms with Crippen molar-refractivity contribution in [3.05, 3.63) is 12.2 Å². The predicted molar refractivity (Wildman–Crippen MR) is 37.8 cm³/mol. The molecule has 1 rings (SSSR count). The molecule has 4 nitrogen and oxygen atoms in total. The average molecular weight is 160 g/mol. The fourth-order valence-corrected chi connectivity index (χ4v) is 0.879. The van der Waals surface area contributed by atoms with Crippen molar-refractivity contribution >= 4 is 0 Å². The third-order valence-corrected chi connectivity index (χ3v) is 1.54. The van der Waals surface area contributed by atoms with Crippen LogP contribution in [0.3, 0.4) is 0 Å². The minimum absolute atomic E-state index is 0.380. The van der Waals surface area contributed by atoms with E-state index in [2.05, 4.69) is 0 Å². The van der Waals surface area contributed by atoms with E-state index < -0.39 is 5.97 Å². The summed E-state index contributed by atoms with van der Waals surface area (Å²) < 4.78 is 20.1. The average Bonchev–Trinajstić information content (AvgIpc) is 2.49. The van der Waals surface area contributed by atoms with Crippen molar-refractivity contribution in [1.29, 1.82) is 0 Å². The Morgan fingerprint density at radius 1 is 1.27 bits per heavy atom. The van der Waals surface area contributed by atoms with Crippen molar-refractivity contribution in [2.75, 3.05) is 21.3 Å². The summed E-state index contributed by atoms with van der Waals surface area (Å²) in [7, 11) is 4.56. The maximum atomic E-state index is 5.22. The second-order valence-electron chi connectivity index (χ2n) is 2.09. The molecule has 0 bridgehead atoms. The standard InChI is InChI=1S/C7H12O4/c1-8-6-4-5-7(9-2,10-3)11-6/h4-6H,1-3H3. The molecule has 0 N–H and O–H groups in total. The molecule has 0 aromatic rings. The van der Waals surface area contributed by atoms with Gasteiger partial charge in [-0.3, -0.25) is 4.74 Å². The Morgan fingerprint density at radius 3 is 2.18 bits per heavy atom. The molecule has 0 saturated heterocycles. The van der Waals surface area contributed by atoms with E-state index in [1.165, 1.54) is 14.2 Å². The van der Waals surface area contributed by atoms with Gasteiger partial charge in [0.05, 0.1) is 0 Å². The van der Waals surface area contributed by atoms with Gasteiger partial charge in [-0.05, 0) is 6.08 Å². The normalized spacial score (nSPS) is 27.7. The molecule has 1 atom stereocenters. The SMILES string of the molecule is COC1C=CC(OC)(OC)O1. The molecule has 0 amide bonds. The molecule has 1 aliphatic heterocycles. The van der Waals surface area contributed by atoms with E-state index in [0.717, 1.165) is 0 Å². The Bertz CT molecular complexity index is 151. The lowest BCUT2D eigenvalue weighted by atomic mass is 10.5. The Kier molecular flexibility index (Phi) is 2.62. The zero-order valence-electron chi connectivity index (χ0n) is 6.87. The Hall–Kier alpha value is -0.420. The van der Waals surface area contributed by atoms with Gasteiger partial charge in [-0.15, -0.1) is 0 Å². The van der Waals surface area contributed by atoms with Crippen LogP contribution in [0.5, 0.6) is 0 Å². The topological polar surface area (TPSA) is 36.9 Å². The highest BCUT2D eigenvalue weighted by atomic mass is 16.9. The Morgan fingerprint density at radius 2 is 1.91 bits per heavy atom. The highest BCUT2D eigenvalue weighted by Gasteiger charge is 2.35. The van der Waals surface area contributed by atoms with Crippen molar-refractivity contribution in [3.63, 3.8) is 0 Å². The van der Waals surface area contributed by atoms with Gasteiger partial charge in [0, 0.05) is 27.4 Å². The predicted octanol–water partition coefficient (Wildman–Crippen LogP) is 0.492. The smallest absolute Gasteiger partial charge is 0.306 e. The van der Waals surface area contributed by atoms with Gasteiger partial charge in [-0.2, -0.15) is 0 Å². The summed E-state index contributed by atoms with van der Waals surface area (Å²) in [5.74, 6) is -1.05. The molecule has 1 heterocycles. The van der Waals surface area contributed by atoms with Gasteiger partial charge in [-0.25, -0.2) is 0 Å². The van der Waals surface area contributed by atoms with Gasteiger partial charge in [0.25, 0.3) is 0 Å². The van der Waals surface area contributed by atoms with Gasteiger partial charge < -0.3 is 14.2 Å². The van der Waals surface area contributed by atoms with Crippen LogP contribution in [0.4, 0.5) is 0 Å². The van der Waals surface area contributed by atoms with Crippen LogP contribution < -0.4 is 0 Å². The van der Waals surface area contributed by atoms with Crippen LogP contribution in [0.25, 0.3) is 0 Å². The molecular formula is C7H12O4. The zero-order valence-corrected chi connectivity index (χ0v) is 6.87. The molecule has 1 aliphatic rings. The number of rotatable bonds is 3. The van der Waals surface area contributed by atoms with Crippen molar-refractivity contribution in [2.24, 2.45) is 0 Å². The first-order valence-corrected chi connectivity index (χ1v) is 3.26. The summed E-state index contributed by atoms with van der Waals surface area (Å²) in [4.78, 5) is 0. The fourth-order valence-electron chi connectivity index (χ4n) is 0.879. The maximum absolute atomic E-state index is 5.22. The van der Waals surface area contributed by atoms with Crippen LogP contribution in [0.1, 0.15) is 0 Å². The fraction of sp³-hybridized carbons (Fsp3) is 0.714. The van der Waals surface area contributed by atoms with Crippen LogP contribution in [-0.2, 0) is 18.9 Å². The molecule has 0 fully saturated rings. The first-order valence-electron chi connectivity index (χ1n) is 3.26. The van der Waals surface area contributed by atoms with Crippen molar-refractivity contribution in [1.82, 2.24) is 0 Å². The second-order valence-corrected chi connectivity index (χ2v) is 2.09. The van der Waals surface area contributed by atoms with Crippen molar-refractivity contribution < 1.29 is 18.9 Å². The van der Waals surface area contributed by atoms with Crippen LogP contribution in [0.15, 0.2) is 12.2 Å². The Labute approximate surface area is 65.7 Å². The summed E-state index contributed by atoms with van der Waals surface area (Å²) >= 11 is 0. The van der Waals surface area contributed by atoms with Gasteiger partial charge in [-0.1, -0.05) is 0 Å². The molecule has 0 aromatic carbocycles. The quantitative estimate of drug-likeness (QED) is 0.445. The maximum Gasteiger partial charge on any atom is 0.306 e. The van der Waals surface area contributed by atoms with Gasteiger partial charge in [0.1, 0.15) is 0 Å². The molecule has 4 heteroatoms. The number of ether oxygens (including phenoxy) is 4. The second kappa shape index (κ2) is 3.32. The van der Waals surface area contributed by atoms with E-state index in [4.69, 9.17) is 18.9 Å². The third-order valence-electron chi connectivity index (χ3n) is 1.54. The molecule has 0 aromatic heterocycles. The monoisotopic (exact) mass is 160 g/mol. The summed E-state index contributed by atoms with van der Waals surface area (Å²) in [6, 6.07) is 0. The first kappa shape index (κ1) is 8.67. The van der Waals surface area contributed by atoms with Crippen molar-refractivity contribution in [2.45, 2.75) is 12.3 Å². The summed E-state index contributed by atoms with van der Waals surface area (Å²) in [6.07, 6.45) is 3.02. The summed E-state index contributed by atoms with van der Waals surface area (Å²) in [6.45, 7) is 0. The molecule has 1 unspecified atom stereocenters. The van der Waals surface area contributed by atoms with Crippen LogP contribution in [0.2, 0.25) is 0 Å². The lowest BCUT2D eigenvalue weighted by molar-refractivity contribution is -0.354. The molecule has 0 saturated carbocycles. The van der Waals surface area contributed by atoms with E-state index >= 15 is 0 Å². The van der Waals surface area contributed by atoms with E-state index in [1.54, 1.807) is 19.3 Å². The Balaban J connectivity index is 2.57. The highest BCUT2D eigenvalue weighted by molar-refractivity contribution is 4.99. The van der Waals surface area contributed by atoms with Crippen LogP contribution in [0, 0.1) is 0 Å². The number of methoxy groups -OCH3 is 3. The molecular weight excluding hydrogens is 148 g/mol. The highest BCUT2D eigenvalue weighted by Crippen LogP contribution is 2.24. The minimum Gasteiger partial charge on any atom is -0.352 e. The number of hydrogen-bond acceptors (Lipinski definition) is 4. The molecule has 64 valence electrons. The minimum atomic E-state index is -1.05. The van der Waals surface area contributed by atoms with E-state index in [0.29, 0.717) is 0 Å². The molecule has 0 radical (unpaired) electrons. The third kappa shape index (κ3) is 1.59. The first-order chi connectivity index (χ1) is 5.26. The van der Waals surface area contributed by atoms with Crippen molar-refractivity contribution in [3.8, 4) is 0 Å². The van der Waals surface area contributed by atoms with Crippen LogP contribution in [-0.4, -0.2) is 33.6 Å². The lowest BCUT2D eigenvalue weighted by Gasteiger charge is -2.24. The van der Waals surface area contributed by atoms with E-state index in [9.17, 15) is 0 Å². The molecule has 11 heavy (non-hydrogen) atoms. The number of hydrogen-bond donors (Lipinski definition) is 0. The van der Waals surface area contributed by atoms with E-state index in [1.807, 2.05) is 0 Å². The van der Waals surface area contributed by atoms with Crippen LogP contribution >= 0.6 is 0 Å². The lowest BCUT2D eigenvalue weighted by Crippen LogP contribution is -2.34. The van der Waals surface area contributed by atoms with Gasteiger partial charge in [0.2, 0.25) is 0 Å². The van der Waals surface area contributed by atoms with Gasteiger partial charge in [0.15, 0.2) is 6.29 Å². The largest absolute Gasteiger partial charge is 0.352 e. The van der Waals surface area contributed by atoms with Gasteiger partial charge >= 0.3 is 5.97 Å². The van der Waals surface area contributed by atoms with E-state index in [-0.39, 0.29) is 6.29 Å². The summed E-state index contributed by atoms with van der Waals surface area (Å²) in [5, 5.41) is 0. The molecule has 0 aliphatic carbocycles. The zero-order chi connectivity index (χ0) is 8.32. The molecule has 0 spiro atoms. The summed E-state index contributed by atoms with van der Waals surface area (Å²) in [5.41, 5.74) is 0.